The number of carbonyl (C=O) groups excluding carboxylic acids is 1. The molecule has 24 heavy (non-hydrogen) atoms. The van der Waals surface area contributed by atoms with Crippen molar-refractivity contribution in [1.82, 2.24) is 0 Å². The van der Waals surface area contributed by atoms with E-state index in [0.29, 0.717) is 0 Å². The molecule has 0 spiro atoms. The molecule has 0 atom stereocenters. The molecule has 0 heterocycles. The number of benzene rings is 2. The Kier molecular flexibility index (Phi) is 4.80. The Morgan fingerprint density at radius 2 is 1.00 bits per heavy atom. The van der Waals surface area contributed by atoms with Crippen LogP contribution in [0.3, 0.4) is 0 Å². The van der Waals surface area contributed by atoms with Crippen LogP contribution < -0.4 is 4.90 Å². The van der Waals surface area contributed by atoms with Crippen molar-refractivity contribution in [3.63, 3.8) is 0 Å². The number of alkyl halides is 6. The van der Waals surface area contributed by atoms with Crippen LogP contribution in [0.1, 0.15) is 11.1 Å². The summed E-state index contributed by atoms with van der Waals surface area (Å²) in [6.07, 6.45) is -9.11. The highest BCUT2D eigenvalue weighted by molar-refractivity contribution is 6.66. The van der Waals surface area contributed by atoms with Crippen LogP contribution in [0, 0.1) is 0 Å². The topological polar surface area (TPSA) is 20.3 Å². The second-order valence-corrected chi connectivity index (χ2v) is 5.00. The zero-order valence-electron chi connectivity index (χ0n) is 11.6. The second-order valence-electron chi connectivity index (χ2n) is 4.68. The van der Waals surface area contributed by atoms with Crippen LogP contribution in [-0.4, -0.2) is 5.37 Å². The molecule has 0 aromatic heterocycles. The van der Waals surface area contributed by atoms with E-state index in [9.17, 15) is 31.1 Å². The summed E-state index contributed by atoms with van der Waals surface area (Å²) in [7, 11) is 0. The molecular weight excluding hydrogens is 360 g/mol. The number of hydrogen-bond donors (Lipinski definition) is 0. The summed E-state index contributed by atoms with van der Waals surface area (Å²) in [5.74, 6) is 0. The summed E-state index contributed by atoms with van der Waals surface area (Å²) in [6, 6.07) is 6.97. The van der Waals surface area contributed by atoms with E-state index in [0.717, 1.165) is 53.4 Å². The summed E-state index contributed by atoms with van der Waals surface area (Å²) >= 11 is 5.41. The van der Waals surface area contributed by atoms with E-state index in [2.05, 4.69) is 0 Å². The second kappa shape index (κ2) is 6.35. The van der Waals surface area contributed by atoms with Crippen LogP contribution >= 0.6 is 11.6 Å². The molecule has 9 heteroatoms. The van der Waals surface area contributed by atoms with E-state index in [1.807, 2.05) is 0 Å². The maximum atomic E-state index is 12.5. The number of anilines is 2. The van der Waals surface area contributed by atoms with E-state index < -0.39 is 28.8 Å². The molecule has 0 saturated heterocycles. The van der Waals surface area contributed by atoms with Crippen molar-refractivity contribution >= 4 is 28.3 Å². The van der Waals surface area contributed by atoms with E-state index in [-0.39, 0.29) is 11.4 Å². The van der Waals surface area contributed by atoms with Crippen molar-refractivity contribution in [2.75, 3.05) is 4.90 Å². The number of amides is 1. The Morgan fingerprint density at radius 1 is 0.708 bits per heavy atom. The Balaban J connectivity index is 2.38. The Labute approximate surface area is 137 Å². The lowest BCUT2D eigenvalue weighted by Gasteiger charge is -2.21. The first-order chi connectivity index (χ1) is 11.0. The Bertz CT molecular complexity index is 664. The van der Waals surface area contributed by atoms with Crippen molar-refractivity contribution in [2.24, 2.45) is 0 Å². The fourth-order valence-corrected chi connectivity index (χ4v) is 2.15. The lowest BCUT2D eigenvalue weighted by molar-refractivity contribution is -0.138. The van der Waals surface area contributed by atoms with Gasteiger partial charge in [0.15, 0.2) is 0 Å². The first kappa shape index (κ1) is 18.1. The minimum Gasteiger partial charge on any atom is -0.268 e. The van der Waals surface area contributed by atoms with Crippen LogP contribution in [-0.2, 0) is 12.4 Å². The van der Waals surface area contributed by atoms with Gasteiger partial charge in [0.05, 0.1) is 22.5 Å². The molecule has 0 bridgehead atoms. The molecule has 0 aliphatic carbocycles. The molecule has 0 saturated carbocycles. The fourth-order valence-electron chi connectivity index (χ4n) is 1.95. The monoisotopic (exact) mass is 367 g/mol. The SMILES string of the molecule is O=C(Cl)N(c1ccc(C(F)(F)F)cc1)c1ccc(C(F)(F)F)cc1. The molecule has 0 N–H and O–H groups in total. The predicted octanol–water partition coefficient (Wildman–Crippen LogP) is 6.22. The zero-order valence-corrected chi connectivity index (χ0v) is 12.4. The van der Waals surface area contributed by atoms with Gasteiger partial charge in [0.25, 0.3) is 0 Å². The van der Waals surface area contributed by atoms with Crippen LogP contribution in [0.2, 0.25) is 0 Å². The van der Waals surface area contributed by atoms with Gasteiger partial charge in [0, 0.05) is 0 Å². The third kappa shape index (κ3) is 4.00. The van der Waals surface area contributed by atoms with Crippen LogP contribution in [0.4, 0.5) is 42.5 Å². The molecule has 0 unspecified atom stereocenters. The molecule has 1 amide bonds. The molecule has 0 aliphatic rings. The van der Waals surface area contributed by atoms with E-state index >= 15 is 0 Å². The molecule has 128 valence electrons. The number of halogens is 7. The third-order valence-electron chi connectivity index (χ3n) is 3.08. The van der Waals surface area contributed by atoms with Gasteiger partial charge in [-0.05, 0) is 60.1 Å². The average Bonchev–Trinajstić information content (AvgIpc) is 2.46. The van der Waals surface area contributed by atoms with Crippen LogP contribution in [0.5, 0.6) is 0 Å². The Morgan fingerprint density at radius 3 is 1.21 bits per heavy atom. The Hall–Kier alpha value is -2.22. The minimum absolute atomic E-state index is 0.0113. The number of nitrogens with zero attached hydrogens (tertiary/aromatic N) is 1. The minimum atomic E-state index is -4.55. The van der Waals surface area contributed by atoms with Gasteiger partial charge in [-0.2, -0.15) is 26.3 Å². The lowest BCUT2D eigenvalue weighted by atomic mass is 10.1. The highest BCUT2D eigenvalue weighted by Gasteiger charge is 2.31. The van der Waals surface area contributed by atoms with Crippen molar-refractivity contribution < 1.29 is 31.1 Å². The maximum absolute atomic E-state index is 12.5. The average molecular weight is 368 g/mol. The van der Waals surface area contributed by atoms with E-state index in [1.165, 1.54) is 0 Å². The molecule has 0 radical (unpaired) electrons. The standard InChI is InChI=1S/C15H8ClF6NO/c16-13(24)23(11-5-1-9(2-6-11)14(17,18)19)12-7-3-10(4-8-12)15(20,21)22/h1-8H. The molecule has 2 rings (SSSR count). The van der Waals surface area contributed by atoms with Crippen molar-refractivity contribution in [2.45, 2.75) is 12.4 Å². The van der Waals surface area contributed by atoms with Crippen molar-refractivity contribution in [1.29, 1.82) is 0 Å². The largest absolute Gasteiger partial charge is 0.416 e. The third-order valence-corrected chi connectivity index (χ3v) is 3.25. The fraction of sp³-hybridized carbons (Fsp3) is 0.133. The maximum Gasteiger partial charge on any atom is 0.416 e. The van der Waals surface area contributed by atoms with Crippen molar-refractivity contribution in [3.8, 4) is 0 Å². The molecular formula is C15H8ClF6NO. The molecule has 2 aromatic carbocycles. The first-order valence-corrected chi connectivity index (χ1v) is 6.72. The van der Waals surface area contributed by atoms with Gasteiger partial charge in [-0.15, -0.1) is 0 Å². The van der Waals surface area contributed by atoms with E-state index in [4.69, 9.17) is 11.6 Å². The summed E-state index contributed by atoms with van der Waals surface area (Å²) in [5, 5.41) is -1.07. The van der Waals surface area contributed by atoms with Gasteiger partial charge >= 0.3 is 17.7 Å². The zero-order chi connectivity index (χ0) is 18.1. The molecule has 0 fully saturated rings. The van der Waals surface area contributed by atoms with Crippen molar-refractivity contribution in [3.05, 3.63) is 59.7 Å². The quantitative estimate of drug-likeness (QED) is 0.350. The number of hydrogen-bond acceptors (Lipinski definition) is 1. The summed E-state index contributed by atoms with van der Waals surface area (Å²) in [4.78, 5) is 12.3. The number of rotatable bonds is 2. The van der Waals surface area contributed by atoms with Gasteiger partial charge in [0.2, 0.25) is 0 Å². The van der Waals surface area contributed by atoms with Crippen LogP contribution in [0.15, 0.2) is 48.5 Å². The summed E-state index contributed by atoms with van der Waals surface area (Å²) < 4.78 is 75.3. The smallest absolute Gasteiger partial charge is 0.268 e. The first-order valence-electron chi connectivity index (χ1n) is 6.34. The lowest BCUT2D eigenvalue weighted by Crippen LogP contribution is -2.20. The molecule has 2 nitrogen and oxygen atoms in total. The van der Waals surface area contributed by atoms with E-state index in [1.54, 1.807) is 0 Å². The summed E-state index contributed by atoms with van der Waals surface area (Å²) in [6.45, 7) is 0. The molecule has 0 aliphatic heterocycles. The van der Waals surface area contributed by atoms with Gasteiger partial charge in [-0.3, -0.25) is 9.69 Å². The predicted molar refractivity (Wildman–Crippen MR) is 76.3 cm³/mol. The highest BCUT2D eigenvalue weighted by Crippen LogP contribution is 2.35. The van der Waals surface area contributed by atoms with Gasteiger partial charge in [-0.1, -0.05) is 0 Å². The van der Waals surface area contributed by atoms with Gasteiger partial charge < -0.3 is 0 Å². The normalized spacial score (nSPS) is 12.1. The highest BCUT2D eigenvalue weighted by atomic mass is 35.5. The summed E-state index contributed by atoms with van der Waals surface area (Å²) in [5.41, 5.74) is -1.88. The number of carbonyl (C=O) groups is 1. The van der Waals surface area contributed by atoms with Gasteiger partial charge in [0.1, 0.15) is 0 Å². The van der Waals surface area contributed by atoms with Crippen LogP contribution in [0.25, 0.3) is 0 Å². The van der Waals surface area contributed by atoms with Gasteiger partial charge in [-0.25, -0.2) is 0 Å². The molecule has 2 aromatic rings.